The van der Waals surface area contributed by atoms with E-state index >= 15 is 0 Å². The van der Waals surface area contributed by atoms with Crippen LogP contribution in [0.3, 0.4) is 0 Å². The van der Waals surface area contributed by atoms with Crippen molar-refractivity contribution in [3.63, 3.8) is 0 Å². The molecule has 54 heavy (non-hydrogen) atoms. The van der Waals surface area contributed by atoms with Crippen molar-refractivity contribution in [2.45, 2.75) is 244 Å². The number of hydrogen-bond donors (Lipinski definition) is 3. The SMILES string of the molecule is CCCCCCCCCCCCCCCCCCCCCCCCCCC(=O)NC(COP(=O)(O)OCC[N+](C)(C)C)C(O)CCCCCCCCCC. The van der Waals surface area contributed by atoms with Gasteiger partial charge in [0.2, 0.25) is 5.91 Å². The Bertz CT molecular complexity index is 855. The number of carbonyl (C=O) groups excluding carboxylic acids is 1. The number of nitrogens with one attached hydrogen (secondary N) is 1. The van der Waals surface area contributed by atoms with E-state index in [1.54, 1.807) is 0 Å². The van der Waals surface area contributed by atoms with Crippen LogP contribution in [-0.4, -0.2) is 73.4 Å². The first kappa shape index (κ1) is 53.5. The van der Waals surface area contributed by atoms with E-state index in [0.717, 1.165) is 38.5 Å². The molecule has 3 N–H and O–H groups in total. The van der Waals surface area contributed by atoms with Crippen LogP contribution >= 0.6 is 7.82 Å². The van der Waals surface area contributed by atoms with Crippen molar-refractivity contribution < 1.29 is 32.9 Å². The first-order chi connectivity index (χ1) is 26.0. The van der Waals surface area contributed by atoms with Crippen molar-refractivity contribution in [1.82, 2.24) is 5.32 Å². The summed E-state index contributed by atoms with van der Waals surface area (Å²) >= 11 is 0. The number of unbranched alkanes of at least 4 members (excludes halogenated alkanes) is 30. The molecule has 0 aliphatic rings. The van der Waals surface area contributed by atoms with Gasteiger partial charge in [-0.1, -0.05) is 213 Å². The Morgan fingerprint density at radius 3 is 1.24 bits per heavy atom. The van der Waals surface area contributed by atoms with Crippen molar-refractivity contribution in [3.8, 4) is 0 Å². The lowest BCUT2D eigenvalue weighted by atomic mass is 10.0. The first-order valence-electron chi connectivity index (χ1n) is 23.4. The predicted octanol–water partition coefficient (Wildman–Crippen LogP) is 13.0. The minimum absolute atomic E-state index is 0.0781. The van der Waals surface area contributed by atoms with Crippen LogP contribution < -0.4 is 5.32 Å². The van der Waals surface area contributed by atoms with Crippen molar-refractivity contribution in [2.24, 2.45) is 0 Å². The van der Waals surface area contributed by atoms with E-state index in [2.05, 4.69) is 19.2 Å². The minimum atomic E-state index is -4.30. The molecule has 0 bridgehead atoms. The molecular formula is C45H94N2O6P+. The number of hydrogen-bond acceptors (Lipinski definition) is 5. The Morgan fingerprint density at radius 2 is 0.889 bits per heavy atom. The lowest BCUT2D eigenvalue weighted by Gasteiger charge is -2.26. The van der Waals surface area contributed by atoms with Gasteiger partial charge in [-0.15, -0.1) is 0 Å². The molecule has 1 amide bonds. The number of phosphoric acid groups is 1. The van der Waals surface area contributed by atoms with Crippen LogP contribution in [0.2, 0.25) is 0 Å². The lowest BCUT2D eigenvalue weighted by molar-refractivity contribution is -0.870. The molecule has 324 valence electrons. The van der Waals surface area contributed by atoms with E-state index < -0.39 is 20.0 Å². The molecule has 0 heterocycles. The molecule has 0 rings (SSSR count). The van der Waals surface area contributed by atoms with E-state index in [-0.39, 0.29) is 19.1 Å². The summed E-state index contributed by atoms with van der Waals surface area (Å²) in [5, 5.41) is 13.9. The zero-order chi connectivity index (χ0) is 40.0. The molecule has 0 saturated carbocycles. The van der Waals surface area contributed by atoms with Gasteiger partial charge in [0.05, 0.1) is 39.9 Å². The topological polar surface area (TPSA) is 105 Å². The van der Waals surface area contributed by atoms with Gasteiger partial charge in [-0.05, 0) is 12.8 Å². The quantitative estimate of drug-likeness (QED) is 0.0323. The fourth-order valence-electron chi connectivity index (χ4n) is 7.11. The van der Waals surface area contributed by atoms with Gasteiger partial charge in [0, 0.05) is 6.42 Å². The van der Waals surface area contributed by atoms with Crippen molar-refractivity contribution in [3.05, 3.63) is 0 Å². The van der Waals surface area contributed by atoms with E-state index in [0.29, 0.717) is 23.9 Å². The highest BCUT2D eigenvalue weighted by Gasteiger charge is 2.28. The third-order valence-corrected chi connectivity index (χ3v) is 11.8. The van der Waals surface area contributed by atoms with Gasteiger partial charge in [0.1, 0.15) is 13.2 Å². The zero-order valence-corrected chi connectivity index (χ0v) is 37.6. The Labute approximate surface area is 336 Å². The van der Waals surface area contributed by atoms with Gasteiger partial charge < -0.3 is 19.8 Å². The van der Waals surface area contributed by atoms with Gasteiger partial charge >= 0.3 is 7.82 Å². The van der Waals surface area contributed by atoms with Crippen LogP contribution in [-0.2, 0) is 18.4 Å². The smallest absolute Gasteiger partial charge is 0.391 e. The van der Waals surface area contributed by atoms with E-state index in [9.17, 15) is 19.4 Å². The van der Waals surface area contributed by atoms with Crippen LogP contribution in [0.15, 0.2) is 0 Å². The summed E-state index contributed by atoms with van der Waals surface area (Å²) in [5.41, 5.74) is 0. The Kier molecular flexibility index (Phi) is 37.7. The van der Waals surface area contributed by atoms with Crippen molar-refractivity contribution in [2.75, 3.05) is 40.9 Å². The molecule has 0 aromatic rings. The molecule has 3 unspecified atom stereocenters. The highest BCUT2D eigenvalue weighted by Crippen LogP contribution is 2.43. The number of aliphatic hydroxyl groups excluding tert-OH is 1. The molecule has 0 aliphatic carbocycles. The average Bonchev–Trinajstić information content (AvgIpc) is 3.12. The van der Waals surface area contributed by atoms with E-state index in [1.807, 2.05) is 21.1 Å². The number of phosphoric ester groups is 1. The van der Waals surface area contributed by atoms with Gasteiger partial charge in [0.15, 0.2) is 0 Å². The highest BCUT2D eigenvalue weighted by atomic mass is 31.2. The third kappa shape index (κ3) is 39.7. The molecule has 0 aromatic heterocycles. The van der Waals surface area contributed by atoms with Crippen molar-refractivity contribution in [1.29, 1.82) is 0 Å². The Morgan fingerprint density at radius 1 is 0.556 bits per heavy atom. The van der Waals surface area contributed by atoms with Crippen LogP contribution in [0.4, 0.5) is 0 Å². The molecule has 3 atom stereocenters. The average molecular weight is 790 g/mol. The largest absolute Gasteiger partial charge is 0.472 e. The molecule has 0 fully saturated rings. The van der Waals surface area contributed by atoms with E-state index in [4.69, 9.17) is 9.05 Å². The van der Waals surface area contributed by atoms with Gasteiger partial charge in [0.25, 0.3) is 0 Å². The van der Waals surface area contributed by atoms with Crippen LogP contribution in [0.1, 0.15) is 232 Å². The zero-order valence-electron chi connectivity index (χ0n) is 36.7. The molecule has 9 heteroatoms. The molecule has 0 aromatic carbocycles. The number of carbonyl (C=O) groups is 1. The fourth-order valence-corrected chi connectivity index (χ4v) is 7.84. The summed E-state index contributed by atoms with van der Waals surface area (Å²) in [6.45, 7) is 4.88. The molecular weight excluding hydrogens is 695 g/mol. The number of nitrogens with zero attached hydrogens (tertiary/aromatic N) is 1. The van der Waals surface area contributed by atoms with Crippen molar-refractivity contribution >= 4 is 13.7 Å². The molecule has 0 aliphatic heterocycles. The molecule has 0 spiro atoms. The standard InChI is InChI=1S/C45H93N2O6P/c1-6-8-10-12-14-16-17-18-19-20-21-22-23-24-25-26-27-28-29-30-31-33-35-37-39-45(49)46-43(42-53-54(50,51)52-41-40-47(3,4)5)44(48)38-36-34-32-15-13-11-9-7-2/h43-44,48H,6-42H2,1-5H3,(H-,46,49,50,51)/p+1. The summed E-state index contributed by atoms with van der Waals surface area (Å²) < 4.78 is 23.5. The molecule has 0 saturated heterocycles. The fraction of sp³-hybridized carbons (Fsp3) is 0.978. The first-order valence-corrected chi connectivity index (χ1v) is 24.9. The van der Waals surface area contributed by atoms with Crippen LogP contribution in [0.5, 0.6) is 0 Å². The second kappa shape index (κ2) is 38.0. The molecule has 8 nitrogen and oxygen atoms in total. The number of aliphatic hydroxyl groups is 1. The number of amides is 1. The van der Waals surface area contributed by atoms with E-state index in [1.165, 1.54) is 167 Å². The number of rotatable bonds is 43. The second-order valence-electron chi connectivity index (χ2n) is 17.5. The normalized spacial score (nSPS) is 14.3. The number of likely N-dealkylation sites (N-methyl/N-ethyl adjacent to an activating group) is 1. The van der Waals surface area contributed by atoms with Gasteiger partial charge in [-0.25, -0.2) is 4.57 Å². The Hall–Kier alpha value is -0.500. The number of quaternary nitrogens is 1. The molecule has 0 radical (unpaired) electrons. The highest BCUT2D eigenvalue weighted by molar-refractivity contribution is 7.47. The van der Waals surface area contributed by atoms with Crippen LogP contribution in [0.25, 0.3) is 0 Å². The summed E-state index contributed by atoms with van der Waals surface area (Å²) in [4.78, 5) is 23.1. The van der Waals surface area contributed by atoms with Gasteiger partial charge in [-0.3, -0.25) is 13.8 Å². The van der Waals surface area contributed by atoms with Crippen LogP contribution in [0, 0.1) is 0 Å². The lowest BCUT2D eigenvalue weighted by Crippen LogP contribution is -2.46. The maximum Gasteiger partial charge on any atom is 0.472 e. The summed E-state index contributed by atoms with van der Waals surface area (Å²) in [6.07, 6.45) is 41.5. The maximum absolute atomic E-state index is 12.8. The monoisotopic (exact) mass is 790 g/mol. The minimum Gasteiger partial charge on any atom is -0.391 e. The third-order valence-electron chi connectivity index (χ3n) is 10.9. The Balaban J connectivity index is 4.04. The summed E-state index contributed by atoms with van der Waals surface area (Å²) in [5.74, 6) is -0.143. The summed E-state index contributed by atoms with van der Waals surface area (Å²) in [7, 11) is 1.63. The van der Waals surface area contributed by atoms with Gasteiger partial charge in [-0.2, -0.15) is 0 Å². The maximum atomic E-state index is 12.8. The predicted molar refractivity (Wildman–Crippen MR) is 231 cm³/mol. The second-order valence-corrected chi connectivity index (χ2v) is 19.0. The summed E-state index contributed by atoms with van der Waals surface area (Å²) in [6, 6.07) is -0.751.